The van der Waals surface area contributed by atoms with Gasteiger partial charge in [0.1, 0.15) is 5.78 Å². The van der Waals surface area contributed by atoms with Gasteiger partial charge in [0.25, 0.3) is 0 Å². The van der Waals surface area contributed by atoms with Crippen molar-refractivity contribution >= 4 is 17.1 Å². The number of nitrogens with zero attached hydrogens (tertiary/aromatic N) is 2. The maximum atomic E-state index is 10.8. The molecule has 0 aliphatic heterocycles. The minimum atomic E-state index is 0.244. The van der Waals surface area contributed by atoms with E-state index in [0.717, 1.165) is 29.1 Å². The molecule has 0 aromatic carbocycles. The van der Waals surface area contributed by atoms with E-state index in [1.165, 1.54) is 0 Å². The first-order valence-electron chi connectivity index (χ1n) is 5.60. The van der Waals surface area contributed by atoms with Gasteiger partial charge in [-0.25, -0.2) is 4.98 Å². The summed E-state index contributed by atoms with van der Waals surface area (Å²) >= 11 is 1.65. The second-order valence-corrected chi connectivity index (χ2v) is 4.87. The van der Waals surface area contributed by atoms with Gasteiger partial charge < -0.3 is 4.79 Å². The second kappa shape index (κ2) is 5.68. The molecule has 0 aliphatic carbocycles. The predicted molar refractivity (Wildman–Crippen MR) is 69.0 cm³/mol. The number of thiazole rings is 1. The summed E-state index contributed by atoms with van der Waals surface area (Å²) < 4.78 is 0. The Balaban J connectivity index is 1.99. The number of aryl methyl sites for hydroxylation is 1. The van der Waals surface area contributed by atoms with E-state index < -0.39 is 0 Å². The van der Waals surface area contributed by atoms with E-state index in [0.29, 0.717) is 6.42 Å². The smallest absolute Gasteiger partial charge is 0.129 e. The molecule has 2 aromatic rings. The maximum Gasteiger partial charge on any atom is 0.129 e. The summed E-state index contributed by atoms with van der Waals surface area (Å²) in [5, 5.41) is 3.13. The topological polar surface area (TPSA) is 42.9 Å². The van der Waals surface area contributed by atoms with E-state index in [2.05, 4.69) is 9.97 Å². The molecule has 2 aromatic heterocycles. The van der Waals surface area contributed by atoms with Crippen LogP contribution in [0.5, 0.6) is 0 Å². The Morgan fingerprint density at radius 3 is 3.06 bits per heavy atom. The number of Topliss-reactive ketones (excluding diaryl/α,β-unsaturated/α-hetero) is 1. The van der Waals surface area contributed by atoms with Gasteiger partial charge in [0.15, 0.2) is 0 Å². The molecule has 0 fully saturated rings. The Morgan fingerprint density at radius 1 is 1.47 bits per heavy atom. The lowest BCUT2D eigenvalue weighted by atomic mass is 10.2. The van der Waals surface area contributed by atoms with Crippen LogP contribution in [0.4, 0.5) is 0 Å². The van der Waals surface area contributed by atoms with E-state index in [1.807, 2.05) is 23.7 Å². The Kier molecular flexibility index (Phi) is 3.98. The number of carbonyl (C=O) groups excluding carboxylic acids is 1. The fourth-order valence-electron chi connectivity index (χ4n) is 1.56. The lowest BCUT2D eigenvalue weighted by molar-refractivity contribution is -0.117. The van der Waals surface area contributed by atoms with Gasteiger partial charge in [-0.05, 0) is 31.9 Å². The molecular weight excluding hydrogens is 232 g/mol. The van der Waals surface area contributed by atoms with Crippen LogP contribution < -0.4 is 0 Å². The van der Waals surface area contributed by atoms with Crippen molar-refractivity contribution in [3.8, 4) is 11.3 Å². The Bertz CT molecular complexity index is 493. The van der Waals surface area contributed by atoms with Crippen molar-refractivity contribution in [1.29, 1.82) is 0 Å². The third kappa shape index (κ3) is 3.46. The van der Waals surface area contributed by atoms with Gasteiger partial charge >= 0.3 is 0 Å². The highest BCUT2D eigenvalue weighted by molar-refractivity contribution is 7.09. The van der Waals surface area contributed by atoms with Crippen molar-refractivity contribution in [2.45, 2.75) is 26.2 Å². The zero-order chi connectivity index (χ0) is 12.1. The highest BCUT2D eigenvalue weighted by Gasteiger charge is 2.04. The van der Waals surface area contributed by atoms with Gasteiger partial charge in [0.05, 0.1) is 10.7 Å². The van der Waals surface area contributed by atoms with Gasteiger partial charge in [-0.15, -0.1) is 11.3 Å². The number of rotatable bonds is 5. The van der Waals surface area contributed by atoms with Gasteiger partial charge in [-0.1, -0.05) is 0 Å². The molecule has 2 rings (SSSR count). The Labute approximate surface area is 105 Å². The number of hydrogen-bond acceptors (Lipinski definition) is 4. The largest absolute Gasteiger partial charge is 0.300 e. The molecule has 0 saturated carbocycles. The maximum absolute atomic E-state index is 10.8. The standard InChI is InChI=1S/C13H14N2OS/c1-10(16)4-2-6-13-15-12(9-17-13)11-5-3-7-14-8-11/h3,5,7-9H,2,4,6H2,1H3. The molecule has 0 amide bonds. The van der Waals surface area contributed by atoms with Crippen molar-refractivity contribution in [3.63, 3.8) is 0 Å². The van der Waals surface area contributed by atoms with Crippen LogP contribution >= 0.6 is 11.3 Å². The number of aromatic nitrogens is 2. The van der Waals surface area contributed by atoms with Crippen LogP contribution in [0.1, 0.15) is 24.8 Å². The number of ketones is 1. The third-order valence-electron chi connectivity index (χ3n) is 2.43. The molecule has 2 heterocycles. The summed E-state index contributed by atoms with van der Waals surface area (Å²) in [6.07, 6.45) is 5.97. The number of pyridine rings is 1. The average Bonchev–Trinajstić information content (AvgIpc) is 2.78. The van der Waals surface area contributed by atoms with Gasteiger partial charge in [0.2, 0.25) is 0 Å². The zero-order valence-corrected chi connectivity index (χ0v) is 10.5. The first-order valence-corrected chi connectivity index (χ1v) is 6.48. The van der Waals surface area contributed by atoms with Gasteiger partial charge in [-0.3, -0.25) is 4.98 Å². The quantitative estimate of drug-likeness (QED) is 0.814. The lowest BCUT2D eigenvalue weighted by Crippen LogP contribution is -1.92. The summed E-state index contributed by atoms with van der Waals surface area (Å²) in [6.45, 7) is 1.63. The fourth-order valence-corrected chi connectivity index (χ4v) is 2.41. The van der Waals surface area contributed by atoms with Crippen LogP contribution in [0.15, 0.2) is 29.9 Å². The summed E-state index contributed by atoms with van der Waals surface area (Å²) in [5.41, 5.74) is 2.02. The predicted octanol–water partition coefficient (Wildman–Crippen LogP) is 3.12. The van der Waals surface area contributed by atoms with E-state index in [1.54, 1.807) is 24.5 Å². The number of hydrogen-bond donors (Lipinski definition) is 0. The van der Waals surface area contributed by atoms with E-state index in [4.69, 9.17) is 0 Å². The van der Waals surface area contributed by atoms with Crippen LogP contribution in [0.3, 0.4) is 0 Å². The van der Waals surface area contributed by atoms with Crippen LogP contribution in [0.2, 0.25) is 0 Å². The van der Waals surface area contributed by atoms with E-state index in [9.17, 15) is 4.79 Å². The minimum Gasteiger partial charge on any atom is -0.300 e. The molecule has 0 radical (unpaired) electrons. The van der Waals surface area contributed by atoms with Crippen LogP contribution in [-0.4, -0.2) is 15.8 Å². The molecule has 0 saturated heterocycles. The average molecular weight is 246 g/mol. The van der Waals surface area contributed by atoms with Gasteiger partial charge in [0, 0.05) is 29.8 Å². The first kappa shape index (κ1) is 11.9. The van der Waals surface area contributed by atoms with Crippen LogP contribution in [0, 0.1) is 0 Å². The minimum absolute atomic E-state index is 0.244. The Morgan fingerprint density at radius 2 is 2.35 bits per heavy atom. The van der Waals surface area contributed by atoms with Crippen molar-refractivity contribution in [2.75, 3.05) is 0 Å². The Hall–Kier alpha value is -1.55. The molecule has 17 heavy (non-hydrogen) atoms. The van der Waals surface area contributed by atoms with Crippen molar-refractivity contribution in [2.24, 2.45) is 0 Å². The molecule has 0 aliphatic rings. The molecule has 0 spiro atoms. The van der Waals surface area contributed by atoms with Crippen LogP contribution in [0.25, 0.3) is 11.3 Å². The molecule has 88 valence electrons. The second-order valence-electron chi connectivity index (χ2n) is 3.92. The zero-order valence-electron chi connectivity index (χ0n) is 9.72. The van der Waals surface area contributed by atoms with E-state index in [-0.39, 0.29) is 5.78 Å². The fraction of sp³-hybridized carbons (Fsp3) is 0.308. The molecule has 3 nitrogen and oxygen atoms in total. The first-order chi connectivity index (χ1) is 8.25. The van der Waals surface area contributed by atoms with Crippen molar-refractivity contribution < 1.29 is 4.79 Å². The molecule has 0 bridgehead atoms. The molecular formula is C13H14N2OS. The summed E-state index contributed by atoms with van der Waals surface area (Å²) in [5.74, 6) is 0.244. The van der Waals surface area contributed by atoms with Crippen molar-refractivity contribution in [3.05, 3.63) is 34.9 Å². The molecule has 0 unspecified atom stereocenters. The highest BCUT2D eigenvalue weighted by atomic mass is 32.1. The monoisotopic (exact) mass is 246 g/mol. The highest BCUT2D eigenvalue weighted by Crippen LogP contribution is 2.21. The van der Waals surface area contributed by atoms with E-state index >= 15 is 0 Å². The molecule has 4 heteroatoms. The molecule has 0 atom stereocenters. The van der Waals surface area contributed by atoms with Gasteiger partial charge in [-0.2, -0.15) is 0 Å². The van der Waals surface area contributed by atoms with Crippen molar-refractivity contribution in [1.82, 2.24) is 9.97 Å². The lowest BCUT2D eigenvalue weighted by Gasteiger charge is -1.95. The van der Waals surface area contributed by atoms with Crippen LogP contribution in [-0.2, 0) is 11.2 Å². The summed E-state index contributed by atoms with van der Waals surface area (Å²) in [4.78, 5) is 19.5. The molecule has 0 N–H and O–H groups in total. The SMILES string of the molecule is CC(=O)CCCc1nc(-c2cccnc2)cs1. The summed E-state index contributed by atoms with van der Waals surface area (Å²) in [6, 6.07) is 3.91. The number of carbonyl (C=O) groups is 1. The summed E-state index contributed by atoms with van der Waals surface area (Å²) in [7, 11) is 0. The normalized spacial score (nSPS) is 10.4. The third-order valence-corrected chi connectivity index (χ3v) is 3.34.